The number of benzene rings is 2. The first-order chi connectivity index (χ1) is 12.9. The molecule has 0 bridgehead atoms. The van der Waals surface area contributed by atoms with E-state index in [0.717, 1.165) is 19.3 Å². The lowest BCUT2D eigenvalue weighted by Gasteiger charge is -2.24. The minimum absolute atomic E-state index is 0.124. The van der Waals surface area contributed by atoms with Gasteiger partial charge < -0.3 is 5.11 Å². The Morgan fingerprint density at radius 2 is 1.67 bits per heavy atom. The normalized spacial score (nSPS) is 13.0. The molecular formula is C21H28ClNO3S. The molecule has 0 aliphatic carbocycles. The number of aliphatic hydroxyl groups is 1. The summed E-state index contributed by atoms with van der Waals surface area (Å²) in [7, 11) is -3.57. The third-order valence-electron chi connectivity index (χ3n) is 4.66. The highest BCUT2D eigenvalue weighted by Gasteiger charge is 2.24. The van der Waals surface area contributed by atoms with Crippen LogP contribution in [0.1, 0.15) is 31.7 Å². The van der Waals surface area contributed by atoms with E-state index >= 15 is 0 Å². The topological polar surface area (TPSA) is 57.6 Å². The van der Waals surface area contributed by atoms with Gasteiger partial charge >= 0.3 is 0 Å². The molecule has 2 rings (SSSR count). The molecule has 27 heavy (non-hydrogen) atoms. The molecule has 0 saturated carbocycles. The minimum atomic E-state index is -3.57. The molecule has 0 fully saturated rings. The van der Waals surface area contributed by atoms with E-state index in [1.807, 2.05) is 25.1 Å². The van der Waals surface area contributed by atoms with Gasteiger partial charge in [-0.05, 0) is 61.4 Å². The third-order valence-corrected chi connectivity index (χ3v) is 6.83. The van der Waals surface area contributed by atoms with E-state index in [0.29, 0.717) is 24.5 Å². The molecule has 0 aromatic heterocycles. The van der Waals surface area contributed by atoms with Crippen LogP contribution in [0.15, 0.2) is 59.5 Å². The monoisotopic (exact) mass is 409 g/mol. The van der Waals surface area contributed by atoms with Gasteiger partial charge in [-0.3, -0.25) is 0 Å². The third kappa shape index (κ3) is 6.92. The molecule has 0 amide bonds. The first-order valence-corrected chi connectivity index (χ1v) is 11.2. The van der Waals surface area contributed by atoms with Crippen molar-refractivity contribution in [2.45, 2.75) is 37.5 Å². The fourth-order valence-electron chi connectivity index (χ4n) is 2.94. The van der Waals surface area contributed by atoms with Gasteiger partial charge in [0.15, 0.2) is 0 Å². The average molecular weight is 410 g/mol. The SMILES string of the molecule is CC(CCO)CCN(CCCc1ccccc1)S(=O)(=O)c1ccc(Cl)cc1. The fourth-order valence-corrected chi connectivity index (χ4v) is 4.56. The fraction of sp³-hybridized carbons (Fsp3) is 0.429. The van der Waals surface area contributed by atoms with Crippen molar-refractivity contribution in [2.24, 2.45) is 5.92 Å². The zero-order chi connectivity index (χ0) is 19.7. The summed E-state index contributed by atoms with van der Waals surface area (Å²) in [5, 5.41) is 9.60. The molecule has 1 atom stereocenters. The van der Waals surface area contributed by atoms with Gasteiger partial charge in [-0.25, -0.2) is 8.42 Å². The Hall–Kier alpha value is -1.40. The Morgan fingerprint density at radius 1 is 1.00 bits per heavy atom. The first-order valence-electron chi connectivity index (χ1n) is 9.34. The molecular weight excluding hydrogens is 382 g/mol. The standard InChI is InChI=1S/C21H28ClNO3S/c1-18(14-17-24)13-16-23(15-5-8-19-6-3-2-4-7-19)27(25,26)21-11-9-20(22)10-12-21/h2-4,6-7,9-12,18,24H,5,8,13-17H2,1H3. The number of nitrogens with zero attached hydrogens (tertiary/aromatic N) is 1. The van der Waals surface area contributed by atoms with Crippen molar-refractivity contribution in [3.63, 3.8) is 0 Å². The smallest absolute Gasteiger partial charge is 0.243 e. The van der Waals surface area contributed by atoms with E-state index < -0.39 is 10.0 Å². The molecule has 0 saturated heterocycles. The maximum atomic E-state index is 13.1. The summed E-state index contributed by atoms with van der Waals surface area (Å²) >= 11 is 5.90. The summed E-state index contributed by atoms with van der Waals surface area (Å²) in [5.74, 6) is 0.270. The molecule has 6 heteroatoms. The summed E-state index contributed by atoms with van der Waals surface area (Å²) in [6, 6.07) is 16.4. The van der Waals surface area contributed by atoms with Crippen LogP contribution in [0.4, 0.5) is 0 Å². The van der Waals surface area contributed by atoms with E-state index in [-0.39, 0.29) is 17.4 Å². The number of aliphatic hydroxyl groups excluding tert-OH is 1. The van der Waals surface area contributed by atoms with Gasteiger partial charge in [0.2, 0.25) is 10.0 Å². The van der Waals surface area contributed by atoms with Gasteiger partial charge in [-0.2, -0.15) is 4.31 Å². The second-order valence-corrected chi connectivity index (χ2v) is 9.23. The quantitative estimate of drug-likeness (QED) is 0.599. The Labute approximate surface area is 167 Å². The van der Waals surface area contributed by atoms with Gasteiger partial charge in [-0.1, -0.05) is 48.9 Å². The van der Waals surface area contributed by atoms with Crippen molar-refractivity contribution in [1.29, 1.82) is 0 Å². The molecule has 0 spiro atoms. The van der Waals surface area contributed by atoms with Gasteiger partial charge in [-0.15, -0.1) is 0 Å². The van der Waals surface area contributed by atoms with Crippen molar-refractivity contribution >= 4 is 21.6 Å². The van der Waals surface area contributed by atoms with E-state index in [1.54, 1.807) is 28.6 Å². The van der Waals surface area contributed by atoms with Crippen LogP contribution in [-0.4, -0.2) is 37.5 Å². The van der Waals surface area contributed by atoms with Crippen LogP contribution >= 0.6 is 11.6 Å². The molecule has 1 N–H and O–H groups in total. The van der Waals surface area contributed by atoms with Gasteiger partial charge in [0.05, 0.1) is 4.90 Å². The summed E-state index contributed by atoms with van der Waals surface area (Å²) in [6.07, 6.45) is 2.99. The van der Waals surface area contributed by atoms with Crippen LogP contribution in [0.2, 0.25) is 5.02 Å². The maximum absolute atomic E-state index is 13.1. The van der Waals surface area contributed by atoms with Gasteiger partial charge in [0.25, 0.3) is 0 Å². The molecule has 4 nitrogen and oxygen atoms in total. The van der Waals surface area contributed by atoms with Crippen LogP contribution in [0.25, 0.3) is 0 Å². The molecule has 0 heterocycles. The molecule has 0 aliphatic rings. The lowest BCUT2D eigenvalue weighted by Crippen LogP contribution is -2.34. The molecule has 2 aromatic carbocycles. The summed E-state index contributed by atoms with van der Waals surface area (Å²) in [4.78, 5) is 0.265. The molecule has 0 aliphatic heterocycles. The van der Waals surface area contributed by atoms with Crippen molar-refractivity contribution in [3.8, 4) is 0 Å². The van der Waals surface area contributed by atoms with E-state index in [4.69, 9.17) is 16.7 Å². The number of sulfonamides is 1. The molecule has 1 unspecified atom stereocenters. The molecule has 148 valence electrons. The Kier molecular flexibility index (Phi) is 8.77. The van der Waals surface area contributed by atoms with Crippen LogP contribution in [0.3, 0.4) is 0 Å². The summed E-state index contributed by atoms with van der Waals surface area (Å²) in [5.41, 5.74) is 1.20. The highest BCUT2D eigenvalue weighted by molar-refractivity contribution is 7.89. The lowest BCUT2D eigenvalue weighted by molar-refractivity contribution is 0.252. The van der Waals surface area contributed by atoms with Gasteiger partial charge in [0.1, 0.15) is 0 Å². The molecule has 2 aromatic rings. The highest BCUT2D eigenvalue weighted by atomic mass is 35.5. The van der Waals surface area contributed by atoms with Crippen molar-refractivity contribution in [3.05, 3.63) is 65.2 Å². The number of rotatable bonds is 11. The highest BCUT2D eigenvalue weighted by Crippen LogP contribution is 2.21. The Morgan fingerprint density at radius 3 is 2.30 bits per heavy atom. The van der Waals surface area contributed by atoms with Crippen molar-refractivity contribution < 1.29 is 13.5 Å². The molecule has 0 radical (unpaired) electrons. The Bertz CT molecular complexity index is 779. The van der Waals surface area contributed by atoms with E-state index in [2.05, 4.69) is 12.1 Å². The summed E-state index contributed by atoms with van der Waals surface area (Å²) in [6.45, 7) is 3.07. The summed E-state index contributed by atoms with van der Waals surface area (Å²) < 4.78 is 27.7. The van der Waals surface area contributed by atoms with Crippen LogP contribution in [-0.2, 0) is 16.4 Å². The van der Waals surface area contributed by atoms with E-state index in [9.17, 15) is 8.42 Å². The number of halogens is 1. The van der Waals surface area contributed by atoms with Crippen LogP contribution < -0.4 is 0 Å². The Balaban J connectivity index is 2.08. The second-order valence-electron chi connectivity index (χ2n) is 6.85. The largest absolute Gasteiger partial charge is 0.396 e. The average Bonchev–Trinajstić information content (AvgIpc) is 2.65. The first kappa shape index (κ1) is 21.9. The lowest BCUT2D eigenvalue weighted by atomic mass is 10.0. The number of hydrogen-bond donors (Lipinski definition) is 1. The van der Waals surface area contributed by atoms with E-state index in [1.165, 1.54) is 5.56 Å². The van der Waals surface area contributed by atoms with Crippen LogP contribution in [0, 0.1) is 5.92 Å². The number of aryl methyl sites for hydroxylation is 1. The minimum Gasteiger partial charge on any atom is -0.396 e. The second kappa shape index (κ2) is 10.8. The van der Waals surface area contributed by atoms with Crippen LogP contribution in [0.5, 0.6) is 0 Å². The van der Waals surface area contributed by atoms with Gasteiger partial charge in [0, 0.05) is 24.7 Å². The van der Waals surface area contributed by atoms with Crippen molar-refractivity contribution in [2.75, 3.05) is 19.7 Å². The predicted molar refractivity (Wildman–Crippen MR) is 110 cm³/mol. The zero-order valence-corrected chi connectivity index (χ0v) is 17.3. The predicted octanol–water partition coefficient (Wildman–Crippen LogP) is 4.37. The van der Waals surface area contributed by atoms with Crippen molar-refractivity contribution in [1.82, 2.24) is 4.31 Å². The number of hydrogen-bond acceptors (Lipinski definition) is 3. The maximum Gasteiger partial charge on any atom is 0.243 e. The zero-order valence-electron chi connectivity index (χ0n) is 15.7.